The molecule has 5 rings (SSSR count). The highest BCUT2D eigenvalue weighted by atomic mass is 16.5. The number of piperidine rings is 1. The topological polar surface area (TPSA) is 79.2 Å². The van der Waals surface area contributed by atoms with Crippen molar-refractivity contribution in [3.8, 4) is 11.5 Å². The number of carbonyl (C=O) groups excluding carboxylic acids is 1. The number of carbonyl (C=O) groups is 1. The van der Waals surface area contributed by atoms with Crippen LogP contribution in [0.2, 0.25) is 0 Å². The molecule has 2 unspecified atom stereocenters. The van der Waals surface area contributed by atoms with Crippen molar-refractivity contribution in [1.82, 2.24) is 4.90 Å². The van der Waals surface area contributed by atoms with Crippen LogP contribution in [0.15, 0.2) is 12.1 Å². The standard InChI is InChI=1S/C18H21NO5/c1-19-8-7-17-12-9-3-4-11(23-2)14(12)24-16(17)10(20)5-6-18(17,22)15(19)13(9)21/h3-4,13,15-16,21-22H,5-8H2,1-2H3/t13?,15?,16-,17-,18+/m0/s1. The lowest BCUT2D eigenvalue weighted by atomic mass is 9.48. The SMILES string of the molecule is COc1ccc2c3c1O[C@H]1C(=O)CC[C@@]4(O)C(C2O)N(C)CC[C@]314. The van der Waals surface area contributed by atoms with Crippen molar-refractivity contribution < 1.29 is 24.5 Å². The molecule has 4 aliphatic rings. The minimum atomic E-state index is -1.18. The van der Waals surface area contributed by atoms with Crippen LogP contribution in [-0.2, 0) is 10.2 Å². The first kappa shape index (κ1) is 14.7. The lowest BCUT2D eigenvalue weighted by molar-refractivity contribution is -0.206. The number of hydrogen-bond acceptors (Lipinski definition) is 6. The normalized spacial score (nSPS) is 42.5. The van der Waals surface area contributed by atoms with Crippen LogP contribution >= 0.6 is 0 Å². The maximum Gasteiger partial charge on any atom is 0.174 e. The molecule has 1 saturated heterocycles. The fourth-order valence-electron chi connectivity index (χ4n) is 5.78. The molecule has 0 aromatic heterocycles. The van der Waals surface area contributed by atoms with E-state index in [1.807, 2.05) is 18.0 Å². The first-order valence-electron chi connectivity index (χ1n) is 8.47. The van der Waals surface area contributed by atoms with E-state index >= 15 is 0 Å². The smallest absolute Gasteiger partial charge is 0.174 e. The minimum absolute atomic E-state index is 0.0311. The third kappa shape index (κ3) is 1.31. The van der Waals surface area contributed by atoms with Gasteiger partial charge in [-0.2, -0.15) is 0 Å². The maximum atomic E-state index is 12.7. The Hall–Kier alpha value is -1.63. The van der Waals surface area contributed by atoms with Gasteiger partial charge < -0.3 is 19.7 Å². The van der Waals surface area contributed by atoms with Gasteiger partial charge in [0.1, 0.15) is 0 Å². The largest absolute Gasteiger partial charge is 0.493 e. The molecule has 1 aromatic carbocycles. The van der Waals surface area contributed by atoms with Gasteiger partial charge in [0.15, 0.2) is 23.4 Å². The van der Waals surface area contributed by atoms with Gasteiger partial charge in [0.25, 0.3) is 0 Å². The molecular weight excluding hydrogens is 310 g/mol. The minimum Gasteiger partial charge on any atom is -0.493 e. The number of likely N-dealkylation sites (N-methyl/N-ethyl adjacent to an activating group) is 1. The Labute approximate surface area is 140 Å². The van der Waals surface area contributed by atoms with Gasteiger partial charge in [-0.3, -0.25) is 9.69 Å². The Kier molecular flexibility index (Phi) is 2.64. The van der Waals surface area contributed by atoms with E-state index in [0.717, 1.165) is 11.1 Å². The molecule has 2 fully saturated rings. The maximum absolute atomic E-state index is 12.7. The first-order valence-corrected chi connectivity index (χ1v) is 8.47. The number of aliphatic hydroxyl groups is 2. The number of nitrogens with zero attached hydrogens (tertiary/aromatic N) is 1. The Morgan fingerprint density at radius 2 is 2.17 bits per heavy atom. The number of rotatable bonds is 1. The molecule has 128 valence electrons. The van der Waals surface area contributed by atoms with Gasteiger partial charge in [-0.25, -0.2) is 0 Å². The van der Waals surface area contributed by atoms with Crippen LogP contribution < -0.4 is 9.47 Å². The fourth-order valence-corrected chi connectivity index (χ4v) is 5.78. The number of methoxy groups -OCH3 is 1. The van der Waals surface area contributed by atoms with Gasteiger partial charge >= 0.3 is 0 Å². The van der Waals surface area contributed by atoms with Crippen LogP contribution in [0, 0.1) is 0 Å². The molecular formula is C18H21NO5. The number of Topliss-reactive ketones (excluding diaryl/α,β-unsaturated/α-hetero) is 1. The van der Waals surface area contributed by atoms with Crippen molar-refractivity contribution in [2.24, 2.45) is 0 Å². The number of aliphatic hydroxyl groups excluding tert-OH is 1. The summed E-state index contributed by atoms with van der Waals surface area (Å²) in [5.74, 6) is 1.11. The number of ether oxygens (including phenoxy) is 2. The second-order valence-corrected chi connectivity index (χ2v) is 7.54. The third-order valence-electron chi connectivity index (χ3n) is 6.76. The Morgan fingerprint density at radius 3 is 2.92 bits per heavy atom. The summed E-state index contributed by atoms with van der Waals surface area (Å²) in [7, 11) is 3.49. The molecule has 0 amide bonds. The highest BCUT2D eigenvalue weighted by Crippen LogP contribution is 2.66. The van der Waals surface area contributed by atoms with Gasteiger partial charge in [-0.1, -0.05) is 6.07 Å². The molecule has 24 heavy (non-hydrogen) atoms. The summed E-state index contributed by atoms with van der Waals surface area (Å²) in [6.45, 7) is 0.702. The number of ketones is 1. The average Bonchev–Trinajstić information content (AvgIpc) is 2.92. The predicted octanol–water partition coefficient (Wildman–Crippen LogP) is 0.539. The summed E-state index contributed by atoms with van der Waals surface area (Å²) in [4.78, 5) is 14.7. The van der Waals surface area contributed by atoms with Crippen LogP contribution in [0.3, 0.4) is 0 Å². The van der Waals surface area contributed by atoms with Crippen molar-refractivity contribution in [3.05, 3.63) is 23.3 Å². The molecule has 6 nitrogen and oxygen atoms in total. The second-order valence-electron chi connectivity index (χ2n) is 7.54. The molecule has 6 heteroatoms. The van der Waals surface area contributed by atoms with E-state index in [1.54, 1.807) is 13.2 Å². The summed E-state index contributed by atoms with van der Waals surface area (Å²) in [5, 5.41) is 22.8. The van der Waals surface area contributed by atoms with Gasteiger partial charge in [0.2, 0.25) is 0 Å². The molecule has 2 bridgehead atoms. The van der Waals surface area contributed by atoms with Crippen molar-refractivity contribution in [2.45, 2.75) is 48.5 Å². The molecule has 1 aromatic rings. The van der Waals surface area contributed by atoms with Crippen LogP contribution in [0.1, 0.15) is 36.5 Å². The summed E-state index contributed by atoms with van der Waals surface area (Å²) in [6, 6.07) is 3.19. The van der Waals surface area contributed by atoms with Crippen molar-refractivity contribution in [1.29, 1.82) is 0 Å². The van der Waals surface area contributed by atoms with Gasteiger partial charge in [-0.05, 0) is 38.1 Å². The summed E-state index contributed by atoms with van der Waals surface area (Å²) in [6.07, 6.45) is -0.250. The molecule has 2 N–H and O–H groups in total. The number of likely N-dealkylation sites (tertiary alicyclic amines) is 1. The van der Waals surface area contributed by atoms with E-state index in [1.165, 1.54) is 0 Å². The van der Waals surface area contributed by atoms with E-state index in [4.69, 9.17) is 9.47 Å². The molecule has 0 radical (unpaired) electrons. The van der Waals surface area contributed by atoms with E-state index in [-0.39, 0.29) is 12.2 Å². The van der Waals surface area contributed by atoms with Gasteiger partial charge in [-0.15, -0.1) is 0 Å². The van der Waals surface area contributed by atoms with Crippen molar-refractivity contribution in [2.75, 3.05) is 20.7 Å². The van der Waals surface area contributed by atoms with E-state index in [0.29, 0.717) is 30.9 Å². The predicted molar refractivity (Wildman–Crippen MR) is 84.3 cm³/mol. The van der Waals surface area contributed by atoms with Crippen molar-refractivity contribution >= 4 is 5.78 Å². The van der Waals surface area contributed by atoms with E-state index in [9.17, 15) is 15.0 Å². The van der Waals surface area contributed by atoms with Gasteiger partial charge in [0, 0.05) is 12.0 Å². The lowest BCUT2D eigenvalue weighted by Gasteiger charge is -2.63. The fraction of sp³-hybridized carbons (Fsp3) is 0.611. The number of hydrogen-bond donors (Lipinski definition) is 2. The molecule has 1 spiro atoms. The Balaban J connectivity index is 1.89. The first-order chi connectivity index (χ1) is 11.5. The van der Waals surface area contributed by atoms with Crippen LogP contribution in [0.4, 0.5) is 0 Å². The zero-order valence-corrected chi connectivity index (χ0v) is 13.8. The zero-order valence-electron chi connectivity index (χ0n) is 13.8. The van der Waals surface area contributed by atoms with Crippen molar-refractivity contribution in [3.63, 3.8) is 0 Å². The highest BCUT2D eigenvalue weighted by Gasteiger charge is 2.74. The van der Waals surface area contributed by atoms with Crippen LogP contribution in [0.25, 0.3) is 0 Å². The van der Waals surface area contributed by atoms with Crippen LogP contribution in [-0.4, -0.2) is 59.3 Å². The number of benzene rings is 1. The van der Waals surface area contributed by atoms with Crippen LogP contribution in [0.5, 0.6) is 11.5 Å². The quantitative estimate of drug-likeness (QED) is 0.782. The molecule has 2 aliphatic carbocycles. The van der Waals surface area contributed by atoms with E-state index < -0.39 is 29.3 Å². The monoisotopic (exact) mass is 331 g/mol. The molecule has 1 saturated carbocycles. The highest BCUT2D eigenvalue weighted by molar-refractivity contribution is 5.90. The molecule has 2 heterocycles. The second kappa shape index (κ2) is 4.31. The summed E-state index contributed by atoms with van der Waals surface area (Å²) in [5.41, 5.74) is -0.413. The zero-order chi connectivity index (χ0) is 16.9. The van der Waals surface area contributed by atoms with Gasteiger partial charge in [0.05, 0.1) is 30.3 Å². The van der Waals surface area contributed by atoms with E-state index in [2.05, 4.69) is 0 Å². The molecule has 2 aliphatic heterocycles. The molecule has 5 atom stereocenters. The summed E-state index contributed by atoms with van der Waals surface area (Å²) >= 11 is 0. The Bertz CT molecular complexity index is 764. The average molecular weight is 331 g/mol. The Morgan fingerprint density at radius 1 is 1.38 bits per heavy atom. The summed E-state index contributed by atoms with van der Waals surface area (Å²) < 4.78 is 11.5. The lowest BCUT2D eigenvalue weighted by Crippen LogP contribution is -2.76. The third-order valence-corrected chi connectivity index (χ3v) is 6.76.